The second-order valence-electron chi connectivity index (χ2n) is 6.35. The van der Waals surface area contributed by atoms with Gasteiger partial charge in [-0.15, -0.1) is 0 Å². The average Bonchev–Trinajstić information content (AvgIpc) is 2.68. The van der Waals surface area contributed by atoms with Crippen LogP contribution in [-0.4, -0.2) is 16.0 Å². The number of nitrogens with one attached hydrogen (secondary N) is 1. The first-order valence-electron chi connectivity index (χ1n) is 8.82. The van der Waals surface area contributed by atoms with Gasteiger partial charge in [0.25, 0.3) is 0 Å². The fourth-order valence-corrected chi connectivity index (χ4v) is 3.39. The number of aromatic hydroxyl groups is 1. The van der Waals surface area contributed by atoms with E-state index >= 15 is 0 Å². The molecule has 1 aromatic heterocycles. The third-order valence-corrected chi connectivity index (χ3v) is 4.99. The summed E-state index contributed by atoms with van der Waals surface area (Å²) in [6.45, 7) is 2.03. The van der Waals surface area contributed by atoms with Crippen LogP contribution < -0.4 is 5.32 Å². The molecule has 0 fully saturated rings. The van der Waals surface area contributed by atoms with Crippen LogP contribution in [0.5, 0.6) is 5.75 Å². The van der Waals surface area contributed by atoms with E-state index in [0.29, 0.717) is 32.9 Å². The van der Waals surface area contributed by atoms with Gasteiger partial charge in [0.05, 0.1) is 11.1 Å². The molecule has 0 radical (unpaired) electrons. The van der Waals surface area contributed by atoms with Crippen molar-refractivity contribution in [1.82, 2.24) is 10.3 Å². The van der Waals surface area contributed by atoms with E-state index < -0.39 is 6.04 Å². The highest BCUT2D eigenvalue weighted by Crippen LogP contribution is 2.38. The predicted molar refractivity (Wildman–Crippen MR) is 109 cm³/mol. The SMILES string of the molecule is CCCCC(=O)N[C@@H](c1ccc(Cl)cc1)c1cc(Cl)c2cccnc2c1O. The summed E-state index contributed by atoms with van der Waals surface area (Å²) in [6, 6.07) is 11.8. The molecule has 2 aromatic carbocycles. The second-order valence-corrected chi connectivity index (χ2v) is 7.20. The van der Waals surface area contributed by atoms with Crippen molar-refractivity contribution in [3.63, 3.8) is 0 Å². The number of pyridine rings is 1. The maximum atomic E-state index is 12.4. The van der Waals surface area contributed by atoms with Gasteiger partial charge in [0.15, 0.2) is 0 Å². The molecule has 6 heteroatoms. The summed E-state index contributed by atoms with van der Waals surface area (Å²) in [4.78, 5) is 16.7. The summed E-state index contributed by atoms with van der Waals surface area (Å²) in [5, 5.41) is 15.6. The lowest BCUT2D eigenvalue weighted by molar-refractivity contribution is -0.121. The molecule has 0 spiro atoms. The van der Waals surface area contributed by atoms with Crippen LogP contribution in [0.2, 0.25) is 10.0 Å². The van der Waals surface area contributed by atoms with E-state index in [9.17, 15) is 9.90 Å². The summed E-state index contributed by atoms with van der Waals surface area (Å²) in [5.41, 5.74) is 1.70. The largest absolute Gasteiger partial charge is 0.505 e. The van der Waals surface area contributed by atoms with Crippen LogP contribution in [0.15, 0.2) is 48.7 Å². The first-order chi connectivity index (χ1) is 13.0. The lowest BCUT2D eigenvalue weighted by atomic mass is 9.96. The molecule has 4 nitrogen and oxygen atoms in total. The maximum absolute atomic E-state index is 12.4. The number of phenols is 1. The van der Waals surface area contributed by atoms with E-state index in [1.54, 1.807) is 36.5 Å². The minimum absolute atomic E-state index is 0.00532. The topological polar surface area (TPSA) is 62.2 Å². The van der Waals surface area contributed by atoms with Crippen molar-refractivity contribution in [1.29, 1.82) is 0 Å². The molecular formula is C21H20Cl2N2O2. The number of unbranched alkanes of at least 4 members (excludes halogenated alkanes) is 1. The van der Waals surface area contributed by atoms with Crippen LogP contribution >= 0.6 is 23.2 Å². The number of amides is 1. The van der Waals surface area contributed by atoms with Crippen LogP contribution in [0.25, 0.3) is 10.9 Å². The van der Waals surface area contributed by atoms with Crippen LogP contribution in [0.3, 0.4) is 0 Å². The Hall–Kier alpha value is -2.30. The zero-order valence-corrected chi connectivity index (χ0v) is 16.4. The highest BCUT2D eigenvalue weighted by Gasteiger charge is 2.23. The molecule has 0 saturated carbocycles. The Morgan fingerprint density at radius 3 is 2.67 bits per heavy atom. The molecule has 0 aliphatic carbocycles. The molecule has 0 saturated heterocycles. The third kappa shape index (κ3) is 4.34. The van der Waals surface area contributed by atoms with E-state index in [2.05, 4.69) is 10.3 Å². The van der Waals surface area contributed by atoms with Crippen molar-refractivity contribution in [2.45, 2.75) is 32.2 Å². The number of rotatable bonds is 6. The maximum Gasteiger partial charge on any atom is 0.220 e. The predicted octanol–water partition coefficient (Wildman–Crippen LogP) is 5.64. The third-order valence-electron chi connectivity index (χ3n) is 4.42. The number of phenolic OH excluding ortho intramolecular Hbond substituents is 1. The Bertz CT molecular complexity index is 958. The number of aromatic nitrogens is 1. The number of nitrogens with zero attached hydrogens (tertiary/aromatic N) is 1. The fourth-order valence-electron chi connectivity index (χ4n) is 2.99. The quantitative estimate of drug-likeness (QED) is 0.560. The lowest BCUT2D eigenvalue weighted by Gasteiger charge is -2.22. The normalized spacial score (nSPS) is 12.1. The highest BCUT2D eigenvalue weighted by molar-refractivity contribution is 6.35. The van der Waals surface area contributed by atoms with E-state index in [-0.39, 0.29) is 11.7 Å². The minimum Gasteiger partial charge on any atom is -0.505 e. The van der Waals surface area contributed by atoms with Gasteiger partial charge in [0, 0.05) is 28.6 Å². The van der Waals surface area contributed by atoms with Crippen LogP contribution in [-0.2, 0) is 4.79 Å². The van der Waals surface area contributed by atoms with Gasteiger partial charge in [-0.25, -0.2) is 0 Å². The molecule has 27 heavy (non-hydrogen) atoms. The summed E-state index contributed by atoms with van der Waals surface area (Å²) in [5.74, 6) is -0.0841. The molecule has 140 valence electrons. The van der Waals surface area contributed by atoms with Crippen molar-refractivity contribution in [3.8, 4) is 5.75 Å². The lowest BCUT2D eigenvalue weighted by Crippen LogP contribution is -2.29. The Balaban J connectivity index is 2.09. The summed E-state index contributed by atoms with van der Waals surface area (Å²) in [7, 11) is 0. The van der Waals surface area contributed by atoms with Gasteiger partial charge in [0.2, 0.25) is 5.91 Å². The van der Waals surface area contributed by atoms with E-state index in [1.807, 2.05) is 19.1 Å². The van der Waals surface area contributed by atoms with Gasteiger partial charge in [-0.1, -0.05) is 48.7 Å². The molecule has 2 N–H and O–H groups in total. The van der Waals surface area contributed by atoms with Crippen molar-refractivity contribution in [2.75, 3.05) is 0 Å². The molecule has 0 aliphatic heterocycles. The van der Waals surface area contributed by atoms with Gasteiger partial charge in [-0.3, -0.25) is 9.78 Å². The van der Waals surface area contributed by atoms with Crippen molar-refractivity contribution < 1.29 is 9.90 Å². The summed E-state index contributed by atoms with van der Waals surface area (Å²) >= 11 is 12.4. The number of hydrogen-bond donors (Lipinski definition) is 2. The number of fused-ring (bicyclic) bond motifs is 1. The zero-order valence-electron chi connectivity index (χ0n) is 14.9. The minimum atomic E-state index is -0.560. The van der Waals surface area contributed by atoms with Crippen LogP contribution in [0.1, 0.15) is 43.4 Å². The summed E-state index contributed by atoms with van der Waals surface area (Å²) in [6.07, 6.45) is 3.74. The van der Waals surface area contributed by atoms with Crippen LogP contribution in [0.4, 0.5) is 0 Å². The number of hydrogen-bond acceptors (Lipinski definition) is 3. The van der Waals surface area contributed by atoms with E-state index in [4.69, 9.17) is 23.2 Å². The van der Waals surface area contributed by atoms with Gasteiger partial charge in [-0.05, 0) is 42.3 Å². The van der Waals surface area contributed by atoms with E-state index in [0.717, 1.165) is 18.4 Å². The molecule has 1 heterocycles. The number of benzene rings is 2. The molecule has 3 rings (SSSR count). The van der Waals surface area contributed by atoms with Gasteiger partial charge >= 0.3 is 0 Å². The van der Waals surface area contributed by atoms with Crippen molar-refractivity contribution in [3.05, 3.63) is 69.8 Å². The van der Waals surface area contributed by atoms with Crippen molar-refractivity contribution >= 4 is 40.0 Å². The Kier molecular flexibility index (Phi) is 6.19. The Morgan fingerprint density at radius 2 is 1.96 bits per heavy atom. The van der Waals surface area contributed by atoms with E-state index in [1.165, 1.54) is 0 Å². The molecule has 0 bridgehead atoms. The molecule has 0 unspecified atom stereocenters. The molecule has 3 aromatic rings. The monoisotopic (exact) mass is 402 g/mol. The zero-order chi connectivity index (χ0) is 19.4. The first kappa shape index (κ1) is 19.5. The number of halogens is 2. The highest BCUT2D eigenvalue weighted by atomic mass is 35.5. The van der Waals surface area contributed by atoms with Gasteiger partial charge in [-0.2, -0.15) is 0 Å². The Morgan fingerprint density at radius 1 is 1.22 bits per heavy atom. The number of carbonyl (C=O) groups is 1. The van der Waals surface area contributed by atoms with Crippen molar-refractivity contribution in [2.24, 2.45) is 0 Å². The fraction of sp³-hybridized carbons (Fsp3) is 0.238. The molecular weight excluding hydrogens is 383 g/mol. The van der Waals surface area contributed by atoms with Gasteiger partial charge < -0.3 is 10.4 Å². The number of carbonyl (C=O) groups excluding carboxylic acids is 1. The van der Waals surface area contributed by atoms with Crippen LogP contribution in [0, 0.1) is 0 Å². The van der Waals surface area contributed by atoms with Gasteiger partial charge in [0.1, 0.15) is 11.3 Å². The summed E-state index contributed by atoms with van der Waals surface area (Å²) < 4.78 is 0. The molecule has 1 atom stereocenters. The second kappa shape index (κ2) is 8.59. The smallest absolute Gasteiger partial charge is 0.220 e. The average molecular weight is 403 g/mol. The Labute approximate surface area is 168 Å². The first-order valence-corrected chi connectivity index (χ1v) is 9.57. The standard InChI is InChI=1S/C21H20Cl2N2O2/c1-2-3-6-18(26)25-19(13-7-9-14(22)10-8-13)16-12-17(23)15-5-4-11-24-20(15)21(16)27/h4-5,7-12,19,27H,2-3,6H2,1H3,(H,25,26)/t19-/m0/s1. The molecule has 0 aliphatic rings. The molecule has 1 amide bonds.